The summed E-state index contributed by atoms with van der Waals surface area (Å²) in [6.07, 6.45) is 1.26. The van der Waals surface area contributed by atoms with E-state index < -0.39 is 17.9 Å². The maximum absolute atomic E-state index is 12.5. The lowest BCUT2D eigenvalue weighted by molar-refractivity contribution is -0.130. The van der Waals surface area contributed by atoms with Crippen LogP contribution in [0, 0.1) is 35.0 Å². The van der Waals surface area contributed by atoms with Crippen molar-refractivity contribution in [3.05, 3.63) is 65.2 Å². The number of hydroxylamine groups is 1. The van der Waals surface area contributed by atoms with Crippen LogP contribution in [0.3, 0.4) is 0 Å². The van der Waals surface area contributed by atoms with Crippen LogP contribution in [0.5, 0.6) is 0 Å². The molecular formula is C29H37N5O4. The molecule has 0 aliphatic heterocycles. The minimum atomic E-state index is -1.04. The van der Waals surface area contributed by atoms with Crippen LogP contribution in [0.25, 0.3) is 0 Å². The van der Waals surface area contributed by atoms with Crippen LogP contribution in [-0.4, -0.2) is 48.1 Å². The summed E-state index contributed by atoms with van der Waals surface area (Å²) in [7, 11) is 0. The van der Waals surface area contributed by atoms with Gasteiger partial charge in [-0.25, -0.2) is 5.48 Å². The molecule has 0 aromatic heterocycles. The molecule has 0 radical (unpaired) electrons. The fourth-order valence-electron chi connectivity index (χ4n) is 5.89. The van der Waals surface area contributed by atoms with Gasteiger partial charge in [0.15, 0.2) is 0 Å². The zero-order valence-corrected chi connectivity index (χ0v) is 21.9. The van der Waals surface area contributed by atoms with E-state index in [2.05, 4.69) is 48.6 Å². The molecule has 3 saturated carbocycles. The largest absolute Gasteiger partial charge is 0.339 e. The van der Waals surface area contributed by atoms with E-state index in [1.165, 1.54) is 11.9 Å². The van der Waals surface area contributed by atoms with Gasteiger partial charge < -0.3 is 21.7 Å². The first-order valence-corrected chi connectivity index (χ1v) is 12.8. The van der Waals surface area contributed by atoms with Crippen LogP contribution >= 0.6 is 0 Å². The highest BCUT2D eigenvalue weighted by Crippen LogP contribution is 2.64. The first-order valence-electron chi connectivity index (χ1n) is 12.8. The molecule has 9 nitrogen and oxygen atoms in total. The second-order valence-corrected chi connectivity index (χ2v) is 10.7. The molecule has 1 unspecified atom stereocenters. The van der Waals surface area contributed by atoms with Crippen molar-refractivity contribution in [2.45, 2.75) is 39.3 Å². The van der Waals surface area contributed by atoms with Crippen LogP contribution in [0.4, 0.5) is 5.69 Å². The van der Waals surface area contributed by atoms with Crippen molar-refractivity contribution in [3.8, 4) is 11.8 Å². The van der Waals surface area contributed by atoms with Crippen molar-refractivity contribution in [3.63, 3.8) is 0 Å². The molecule has 3 aliphatic rings. The number of anilines is 1. The molecule has 2 aromatic rings. The highest BCUT2D eigenvalue weighted by atomic mass is 16.5. The molecule has 0 heterocycles. The third-order valence-electron chi connectivity index (χ3n) is 8.19. The van der Waals surface area contributed by atoms with Crippen LogP contribution in [0.15, 0.2) is 48.5 Å². The third-order valence-corrected chi connectivity index (χ3v) is 8.19. The second kappa shape index (κ2) is 11.4. The molecule has 3 fully saturated rings. The van der Waals surface area contributed by atoms with Crippen molar-refractivity contribution >= 4 is 23.4 Å². The summed E-state index contributed by atoms with van der Waals surface area (Å²) in [5.41, 5.74) is 9.83. The van der Waals surface area contributed by atoms with Gasteiger partial charge in [-0.15, -0.1) is 0 Å². The fraction of sp³-hybridized carbons (Fsp3) is 0.414. The summed E-state index contributed by atoms with van der Waals surface area (Å²) in [6.45, 7) is 7.11. The highest BCUT2D eigenvalue weighted by Gasteiger charge is 2.61. The normalized spacial score (nSPS) is 23.3. The number of fused-ring (bicyclic) bond motifs is 1. The van der Waals surface area contributed by atoms with Gasteiger partial charge in [0.2, 0.25) is 5.91 Å². The van der Waals surface area contributed by atoms with Crippen molar-refractivity contribution in [1.29, 1.82) is 0 Å². The number of hydrogen-bond acceptors (Lipinski definition) is 6. The van der Waals surface area contributed by atoms with Gasteiger partial charge in [-0.05, 0) is 78.1 Å². The van der Waals surface area contributed by atoms with Crippen molar-refractivity contribution < 1.29 is 21.0 Å². The Kier molecular flexibility index (Phi) is 8.17. The molecule has 202 valence electrons. The van der Waals surface area contributed by atoms with Crippen molar-refractivity contribution in [2.75, 3.05) is 18.4 Å². The zero-order chi connectivity index (χ0) is 27.4. The van der Waals surface area contributed by atoms with E-state index in [1.807, 2.05) is 24.3 Å². The van der Waals surface area contributed by atoms with E-state index in [9.17, 15) is 14.4 Å². The van der Waals surface area contributed by atoms with Gasteiger partial charge >= 0.3 is 0 Å². The molecule has 5 atom stereocenters. The number of nitrogens with one attached hydrogen (secondary N) is 4. The van der Waals surface area contributed by atoms with Crippen molar-refractivity contribution in [2.24, 2.45) is 28.9 Å². The predicted octanol–water partition coefficient (Wildman–Crippen LogP) is 2.10. The molecule has 7 N–H and O–H groups in total. The van der Waals surface area contributed by atoms with Gasteiger partial charge in [0.25, 0.3) is 11.8 Å². The Morgan fingerprint density at radius 1 is 1.05 bits per heavy atom. The molecule has 3 aliphatic carbocycles. The monoisotopic (exact) mass is 519 g/mol. The average molecular weight is 520 g/mol. The maximum atomic E-state index is 12.5. The number of rotatable bonds is 8. The van der Waals surface area contributed by atoms with E-state index in [4.69, 9.17) is 10.9 Å². The molecule has 0 saturated heterocycles. The number of nitrogens with two attached hydrogens (primary N) is 1. The highest BCUT2D eigenvalue weighted by molar-refractivity contribution is 5.97. The number of benzene rings is 2. The van der Waals surface area contributed by atoms with E-state index in [0.29, 0.717) is 46.7 Å². The van der Waals surface area contributed by atoms with E-state index >= 15 is 0 Å². The quantitative estimate of drug-likeness (QED) is 0.179. The fourth-order valence-corrected chi connectivity index (χ4v) is 5.89. The number of amides is 3. The minimum Gasteiger partial charge on any atom is -0.339 e. The predicted molar refractivity (Wildman–Crippen MR) is 146 cm³/mol. The number of hydrogen-bond donors (Lipinski definition) is 6. The summed E-state index contributed by atoms with van der Waals surface area (Å²) in [5.74, 6) is 6.75. The lowest BCUT2D eigenvalue weighted by Gasteiger charge is -2.45. The third kappa shape index (κ3) is 5.73. The first kappa shape index (κ1) is 27.3. The van der Waals surface area contributed by atoms with E-state index in [-0.39, 0.29) is 13.9 Å². The molecule has 38 heavy (non-hydrogen) atoms. The average Bonchev–Trinajstić information content (AvgIpc) is 3.36. The van der Waals surface area contributed by atoms with Gasteiger partial charge in [-0.2, -0.15) is 0 Å². The first-order chi connectivity index (χ1) is 18.1. The van der Waals surface area contributed by atoms with Crippen LogP contribution in [-0.2, 0) is 9.59 Å². The second-order valence-electron chi connectivity index (χ2n) is 10.7. The van der Waals surface area contributed by atoms with E-state index in [0.717, 1.165) is 11.5 Å². The summed E-state index contributed by atoms with van der Waals surface area (Å²) in [4.78, 5) is 36.3. The lowest BCUT2D eigenvalue weighted by atomic mass is 9.60. The Labute approximate surface area is 224 Å². The molecule has 2 aromatic carbocycles. The Morgan fingerprint density at radius 2 is 1.66 bits per heavy atom. The molecule has 2 bridgehead atoms. The number of carbonyl (C=O) groups is 3. The standard InChI is InChI=1S/C29H35N5O4.H2/c1-17-22-14-23(29(22,2)3)26(17)31-16-25(35)32-21-12-8-19(9-13-21)5-4-18-6-10-20(11-7-18)27(36)33-24(15-30)28(37)34-38;/h6-13,17,22-24,26,31,38H,14-16,30H2,1-3H3,(H,32,35)(H,33,36)(H,34,37);1H/t17-,22-,23?,24-,26+;/m0./s1. The molecule has 5 rings (SSSR count). The maximum Gasteiger partial charge on any atom is 0.267 e. The minimum absolute atomic E-state index is 0. The SMILES string of the molecule is C[C@@H]1[C@@H](NCC(=O)Nc2ccc(C#Cc3ccc(C(=O)N[C@@H](CN)C(=O)NO)cc3)cc2)C2C[C@@H]1C2(C)C.[HH]. The van der Waals surface area contributed by atoms with Crippen LogP contribution in [0.1, 0.15) is 50.1 Å². The number of carbonyl (C=O) groups excluding carboxylic acids is 3. The van der Waals surface area contributed by atoms with Crippen LogP contribution in [0.2, 0.25) is 0 Å². The molecular weight excluding hydrogens is 482 g/mol. The summed E-state index contributed by atoms with van der Waals surface area (Å²) in [5, 5.41) is 17.6. The van der Waals surface area contributed by atoms with Gasteiger partial charge in [-0.3, -0.25) is 19.6 Å². The molecule has 9 heteroatoms. The Balaban J connectivity index is 0.00000420. The summed E-state index contributed by atoms with van der Waals surface area (Å²) < 4.78 is 0. The van der Waals surface area contributed by atoms with E-state index in [1.54, 1.807) is 24.3 Å². The van der Waals surface area contributed by atoms with Gasteiger partial charge in [-0.1, -0.05) is 32.6 Å². The Bertz CT molecular complexity index is 1250. The van der Waals surface area contributed by atoms with Crippen molar-refractivity contribution in [1.82, 2.24) is 16.1 Å². The topological polar surface area (TPSA) is 146 Å². The smallest absolute Gasteiger partial charge is 0.267 e. The zero-order valence-electron chi connectivity index (χ0n) is 21.9. The van der Waals surface area contributed by atoms with Gasteiger partial charge in [0, 0.05) is 36.4 Å². The van der Waals surface area contributed by atoms with Gasteiger partial charge in [0.1, 0.15) is 6.04 Å². The lowest BCUT2D eigenvalue weighted by Crippen LogP contribution is -2.50. The molecule has 3 amide bonds. The Morgan fingerprint density at radius 3 is 2.16 bits per heavy atom. The summed E-state index contributed by atoms with van der Waals surface area (Å²) in [6, 6.07) is 13.3. The van der Waals surface area contributed by atoms with Crippen LogP contribution < -0.4 is 27.2 Å². The molecule has 0 spiro atoms. The Hall–Kier alpha value is -3.71. The summed E-state index contributed by atoms with van der Waals surface area (Å²) >= 11 is 0. The van der Waals surface area contributed by atoms with Gasteiger partial charge in [0.05, 0.1) is 6.54 Å².